The van der Waals surface area contributed by atoms with E-state index in [9.17, 15) is 9.18 Å². The molecule has 6 heteroatoms. The normalized spacial score (nSPS) is 12.2. The van der Waals surface area contributed by atoms with E-state index in [1.807, 2.05) is 18.9 Å². The zero-order valence-corrected chi connectivity index (χ0v) is 12.8. The molecule has 0 bridgehead atoms. The predicted molar refractivity (Wildman–Crippen MR) is 81.9 cm³/mol. The Morgan fingerprint density at radius 1 is 1.55 bits per heavy atom. The number of hydrogen-bond donors (Lipinski definition) is 2. The molecule has 4 nitrogen and oxygen atoms in total. The summed E-state index contributed by atoms with van der Waals surface area (Å²) in [5.74, 6) is -0.514. The van der Waals surface area contributed by atoms with Crippen LogP contribution < -0.4 is 11.1 Å². The SMILES string of the molecule is CNC(=O)C(C)CN(C)Cc1ccc(C(N)=S)cc1F. The topological polar surface area (TPSA) is 58.4 Å². The fourth-order valence-electron chi connectivity index (χ4n) is 1.98. The van der Waals surface area contributed by atoms with Crippen LogP contribution in [0.15, 0.2) is 18.2 Å². The van der Waals surface area contributed by atoms with Crippen LogP contribution in [0.25, 0.3) is 0 Å². The number of hydrogen-bond acceptors (Lipinski definition) is 3. The lowest BCUT2D eigenvalue weighted by molar-refractivity contribution is -0.124. The Morgan fingerprint density at radius 2 is 2.20 bits per heavy atom. The van der Waals surface area contributed by atoms with Gasteiger partial charge in [0.15, 0.2) is 0 Å². The molecular formula is C14H20FN3OS. The molecule has 1 aromatic carbocycles. The lowest BCUT2D eigenvalue weighted by Crippen LogP contribution is -2.34. The molecule has 1 aromatic rings. The summed E-state index contributed by atoms with van der Waals surface area (Å²) in [5, 5.41) is 2.60. The van der Waals surface area contributed by atoms with E-state index in [1.54, 1.807) is 19.2 Å². The molecule has 110 valence electrons. The fraction of sp³-hybridized carbons (Fsp3) is 0.429. The Kier molecular flexibility index (Phi) is 6.04. The molecule has 0 radical (unpaired) electrons. The first-order chi connectivity index (χ1) is 9.35. The van der Waals surface area contributed by atoms with Crippen molar-refractivity contribution in [2.45, 2.75) is 13.5 Å². The van der Waals surface area contributed by atoms with E-state index in [4.69, 9.17) is 18.0 Å². The molecule has 1 rings (SSSR count). The van der Waals surface area contributed by atoms with Crippen LogP contribution in [-0.2, 0) is 11.3 Å². The second-order valence-electron chi connectivity index (χ2n) is 4.88. The quantitative estimate of drug-likeness (QED) is 0.777. The molecule has 0 saturated carbocycles. The van der Waals surface area contributed by atoms with Crippen LogP contribution in [0.5, 0.6) is 0 Å². The third kappa shape index (κ3) is 4.54. The van der Waals surface area contributed by atoms with E-state index in [1.165, 1.54) is 6.07 Å². The van der Waals surface area contributed by atoms with Crippen LogP contribution in [0.1, 0.15) is 18.1 Å². The number of halogens is 1. The van der Waals surface area contributed by atoms with Gasteiger partial charge in [0, 0.05) is 37.2 Å². The standard InChI is InChI=1S/C14H20FN3OS/c1-9(14(19)17-2)7-18(3)8-11-5-4-10(13(16)20)6-12(11)15/h4-6,9H,7-8H2,1-3H3,(H2,16,20)(H,17,19). The number of amides is 1. The molecule has 0 saturated heterocycles. The summed E-state index contributed by atoms with van der Waals surface area (Å²) in [4.78, 5) is 13.5. The van der Waals surface area contributed by atoms with E-state index >= 15 is 0 Å². The molecule has 0 aliphatic rings. The van der Waals surface area contributed by atoms with Crippen LogP contribution in [0.3, 0.4) is 0 Å². The smallest absolute Gasteiger partial charge is 0.223 e. The molecule has 0 heterocycles. The number of carbonyl (C=O) groups excluding carboxylic acids is 1. The average molecular weight is 297 g/mol. The molecular weight excluding hydrogens is 277 g/mol. The van der Waals surface area contributed by atoms with Crippen molar-refractivity contribution in [1.29, 1.82) is 0 Å². The molecule has 0 aliphatic carbocycles. The summed E-state index contributed by atoms with van der Waals surface area (Å²) < 4.78 is 13.9. The minimum atomic E-state index is -0.338. The lowest BCUT2D eigenvalue weighted by atomic mass is 10.1. The van der Waals surface area contributed by atoms with Crippen LogP contribution in [0, 0.1) is 11.7 Å². The maximum Gasteiger partial charge on any atom is 0.223 e. The van der Waals surface area contributed by atoms with Crippen molar-refractivity contribution in [2.75, 3.05) is 20.6 Å². The predicted octanol–water partition coefficient (Wildman–Crippen LogP) is 1.27. The molecule has 20 heavy (non-hydrogen) atoms. The highest BCUT2D eigenvalue weighted by atomic mass is 32.1. The van der Waals surface area contributed by atoms with E-state index < -0.39 is 0 Å². The van der Waals surface area contributed by atoms with Crippen LogP contribution in [0.2, 0.25) is 0 Å². The Labute approximate surface area is 124 Å². The first-order valence-corrected chi connectivity index (χ1v) is 6.74. The second-order valence-corrected chi connectivity index (χ2v) is 5.32. The molecule has 3 N–H and O–H groups in total. The molecule has 0 aromatic heterocycles. The average Bonchev–Trinajstić information content (AvgIpc) is 2.39. The van der Waals surface area contributed by atoms with Crippen molar-refractivity contribution in [3.05, 3.63) is 35.1 Å². The summed E-state index contributed by atoms with van der Waals surface area (Å²) in [6, 6.07) is 4.72. The van der Waals surface area contributed by atoms with Crippen molar-refractivity contribution in [3.63, 3.8) is 0 Å². The molecule has 0 spiro atoms. The maximum atomic E-state index is 13.9. The van der Waals surface area contributed by atoms with Gasteiger partial charge in [-0.15, -0.1) is 0 Å². The Bertz CT molecular complexity index is 507. The number of thiocarbonyl (C=S) groups is 1. The van der Waals surface area contributed by atoms with Gasteiger partial charge in [-0.3, -0.25) is 4.79 Å². The van der Waals surface area contributed by atoms with Gasteiger partial charge in [-0.25, -0.2) is 4.39 Å². The third-order valence-corrected chi connectivity index (χ3v) is 3.29. The summed E-state index contributed by atoms with van der Waals surface area (Å²) in [6.07, 6.45) is 0. The van der Waals surface area contributed by atoms with E-state index in [2.05, 4.69) is 5.32 Å². The van der Waals surface area contributed by atoms with Gasteiger partial charge in [0.2, 0.25) is 5.91 Å². The Hall–Kier alpha value is -1.53. The van der Waals surface area contributed by atoms with E-state index in [0.717, 1.165) is 0 Å². The van der Waals surface area contributed by atoms with Gasteiger partial charge in [0.25, 0.3) is 0 Å². The highest BCUT2D eigenvalue weighted by molar-refractivity contribution is 7.80. The second kappa shape index (κ2) is 7.31. The summed E-state index contributed by atoms with van der Waals surface area (Å²) >= 11 is 4.81. The van der Waals surface area contributed by atoms with Crippen molar-refractivity contribution in [1.82, 2.24) is 10.2 Å². The van der Waals surface area contributed by atoms with E-state index in [-0.39, 0.29) is 22.6 Å². The fourth-order valence-corrected chi connectivity index (χ4v) is 2.11. The van der Waals surface area contributed by atoms with Crippen LogP contribution >= 0.6 is 12.2 Å². The molecule has 0 aliphatic heterocycles. The largest absolute Gasteiger partial charge is 0.389 e. The zero-order chi connectivity index (χ0) is 15.3. The van der Waals surface area contributed by atoms with Gasteiger partial charge in [0.05, 0.1) is 0 Å². The molecule has 0 fully saturated rings. The van der Waals surface area contributed by atoms with Gasteiger partial charge < -0.3 is 16.0 Å². The van der Waals surface area contributed by atoms with Crippen molar-refractivity contribution < 1.29 is 9.18 Å². The number of nitrogens with zero attached hydrogens (tertiary/aromatic N) is 1. The number of carbonyl (C=O) groups is 1. The molecule has 1 unspecified atom stereocenters. The van der Waals surface area contributed by atoms with Gasteiger partial charge in [-0.1, -0.05) is 31.3 Å². The van der Waals surface area contributed by atoms with Crippen molar-refractivity contribution >= 4 is 23.1 Å². The first kappa shape index (κ1) is 16.5. The third-order valence-electron chi connectivity index (χ3n) is 3.06. The number of rotatable bonds is 6. The number of nitrogens with one attached hydrogen (secondary N) is 1. The summed E-state index contributed by atoms with van der Waals surface area (Å²) in [7, 11) is 3.45. The minimum absolute atomic E-state index is 0.0267. The van der Waals surface area contributed by atoms with Gasteiger partial charge >= 0.3 is 0 Å². The summed E-state index contributed by atoms with van der Waals surface area (Å²) in [6.45, 7) is 2.81. The lowest BCUT2D eigenvalue weighted by Gasteiger charge is -2.20. The number of benzene rings is 1. The van der Waals surface area contributed by atoms with Gasteiger partial charge in [-0.2, -0.15) is 0 Å². The van der Waals surface area contributed by atoms with Crippen molar-refractivity contribution in [2.24, 2.45) is 11.7 Å². The van der Waals surface area contributed by atoms with E-state index in [0.29, 0.717) is 24.2 Å². The summed E-state index contributed by atoms with van der Waals surface area (Å²) in [5.41, 5.74) is 6.53. The Morgan fingerprint density at radius 3 is 2.70 bits per heavy atom. The zero-order valence-electron chi connectivity index (χ0n) is 11.9. The maximum absolute atomic E-state index is 13.9. The monoisotopic (exact) mass is 297 g/mol. The van der Waals surface area contributed by atoms with Gasteiger partial charge in [0.1, 0.15) is 10.8 Å². The number of nitrogens with two attached hydrogens (primary N) is 1. The minimum Gasteiger partial charge on any atom is -0.389 e. The van der Waals surface area contributed by atoms with Crippen molar-refractivity contribution in [3.8, 4) is 0 Å². The van der Waals surface area contributed by atoms with Gasteiger partial charge in [-0.05, 0) is 13.1 Å². The molecule has 1 amide bonds. The Balaban J connectivity index is 2.69. The van der Waals surface area contributed by atoms with Crippen LogP contribution in [-0.4, -0.2) is 36.4 Å². The first-order valence-electron chi connectivity index (χ1n) is 6.33. The highest BCUT2D eigenvalue weighted by Gasteiger charge is 2.15. The highest BCUT2D eigenvalue weighted by Crippen LogP contribution is 2.13. The molecule has 1 atom stereocenters. The van der Waals surface area contributed by atoms with Crippen LogP contribution in [0.4, 0.5) is 4.39 Å².